The summed E-state index contributed by atoms with van der Waals surface area (Å²) in [6.45, 7) is 6.84. The van der Waals surface area contributed by atoms with E-state index in [1.54, 1.807) is 12.1 Å². The number of hydrogen-bond donors (Lipinski definition) is 2. The maximum atomic E-state index is 12.5. The normalized spacial score (nSPS) is 19.6. The molecule has 2 saturated heterocycles. The van der Waals surface area contributed by atoms with Crippen LogP contribution in [0.4, 0.5) is 0 Å². The second kappa shape index (κ2) is 11.3. The first-order valence-electron chi connectivity index (χ1n) is 9.91. The summed E-state index contributed by atoms with van der Waals surface area (Å²) in [7, 11) is 0. The number of nitrogens with zero attached hydrogens (tertiary/aromatic N) is 3. The largest absolute Gasteiger partial charge is 0.368 e. The van der Waals surface area contributed by atoms with E-state index in [0.29, 0.717) is 31.8 Å². The van der Waals surface area contributed by atoms with Crippen molar-refractivity contribution in [2.75, 3.05) is 39.3 Å². The average molecular weight is 515 g/mol. The third-order valence-electron chi connectivity index (χ3n) is 5.08. The number of hydrogen-bond acceptors (Lipinski definition) is 4. The Kier molecular flexibility index (Phi) is 9.15. The van der Waals surface area contributed by atoms with E-state index in [-0.39, 0.29) is 36.0 Å². The summed E-state index contributed by atoms with van der Waals surface area (Å²) in [5.74, 6) is 0.526. The van der Waals surface area contributed by atoms with Gasteiger partial charge in [0, 0.05) is 44.9 Å². The summed E-state index contributed by atoms with van der Waals surface area (Å²) in [6.07, 6.45) is 1.54. The lowest BCUT2D eigenvalue weighted by atomic mass is 10.1. The number of nitrogens with one attached hydrogen (secondary N) is 1. The maximum Gasteiger partial charge on any atom is 0.251 e. The smallest absolute Gasteiger partial charge is 0.251 e. The molecule has 2 amide bonds. The predicted octanol–water partition coefficient (Wildman–Crippen LogP) is 1.19. The molecule has 0 saturated carbocycles. The van der Waals surface area contributed by atoms with E-state index >= 15 is 0 Å². The van der Waals surface area contributed by atoms with Gasteiger partial charge in [-0.05, 0) is 37.5 Å². The number of halogens is 1. The summed E-state index contributed by atoms with van der Waals surface area (Å²) in [6, 6.07) is 7.17. The molecule has 1 atom stereocenters. The molecule has 160 valence electrons. The van der Waals surface area contributed by atoms with Crippen LogP contribution in [0, 0.1) is 0 Å². The molecule has 9 heteroatoms. The summed E-state index contributed by atoms with van der Waals surface area (Å²) in [5.41, 5.74) is 6.78. The van der Waals surface area contributed by atoms with Gasteiger partial charge < -0.3 is 25.6 Å². The van der Waals surface area contributed by atoms with Gasteiger partial charge in [0.25, 0.3) is 5.91 Å². The van der Waals surface area contributed by atoms with Gasteiger partial charge in [-0.2, -0.15) is 0 Å². The molecule has 0 spiro atoms. The Hall–Kier alpha value is -1.88. The summed E-state index contributed by atoms with van der Waals surface area (Å²) in [5, 5.41) is 3.33. The van der Waals surface area contributed by atoms with E-state index in [1.807, 2.05) is 24.0 Å². The van der Waals surface area contributed by atoms with Crippen LogP contribution < -0.4 is 11.1 Å². The van der Waals surface area contributed by atoms with Gasteiger partial charge in [-0.25, -0.2) is 4.99 Å². The monoisotopic (exact) mass is 515 g/mol. The van der Waals surface area contributed by atoms with E-state index < -0.39 is 5.91 Å². The third-order valence-corrected chi connectivity index (χ3v) is 5.08. The fraction of sp³-hybridized carbons (Fsp3) is 0.550. The van der Waals surface area contributed by atoms with E-state index in [0.717, 1.165) is 44.0 Å². The molecule has 2 heterocycles. The number of benzene rings is 1. The van der Waals surface area contributed by atoms with E-state index in [1.165, 1.54) is 0 Å². The van der Waals surface area contributed by atoms with Crippen molar-refractivity contribution in [1.29, 1.82) is 0 Å². The lowest BCUT2D eigenvalue weighted by Crippen LogP contribution is -2.55. The first kappa shape index (κ1) is 23.4. The number of nitrogens with two attached hydrogens (primary N) is 1. The number of rotatable bonds is 5. The Balaban J connectivity index is 0.00000300. The zero-order valence-corrected chi connectivity index (χ0v) is 19.1. The number of carbonyl (C=O) groups excluding carboxylic acids is 2. The highest BCUT2D eigenvalue weighted by Gasteiger charge is 2.30. The van der Waals surface area contributed by atoms with E-state index in [4.69, 9.17) is 15.5 Å². The minimum atomic E-state index is -0.432. The number of piperazine rings is 1. The standard InChI is InChI=1S/C20H29N5O3.HI/c1-2-22-20(23-14-15-5-7-16(8-6-15)18(21)26)25-11-9-24(10-12-25)19(27)17-4-3-13-28-17;/h5-8,17H,2-4,9-14H2,1H3,(H2,21,26)(H,22,23);1H. The molecule has 1 aromatic carbocycles. The summed E-state index contributed by atoms with van der Waals surface area (Å²) in [4.78, 5) is 32.5. The van der Waals surface area contributed by atoms with E-state index in [2.05, 4.69) is 10.2 Å². The summed E-state index contributed by atoms with van der Waals surface area (Å²) < 4.78 is 5.52. The van der Waals surface area contributed by atoms with Gasteiger partial charge in [0.05, 0.1) is 6.54 Å². The zero-order chi connectivity index (χ0) is 19.9. The van der Waals surface area contributed by atoms with Gasteiger partial charge in [-0.1, -0.05) is 12.1 Å². The minimum absolute atomic E-state index is 0. The molecule has 3 rings (SSSR count). The quantitative estimate of drug-likeness (QED) is 0.349. The van der Waals surface area contributed by atoms with Crippen molar-refractivity contribution < 1.29 is 14.3 Å². The first-order chi connectivity index (χ1) is 13.6. The zero-order valence-electron chi connectivity index (χ0n) is 16.8. The van der Waals surface area contributed by atoms with Crippen LogP contribution in [-0.2, 0) is 16.1 Å². The van der Waals surface area contributed by atoms with Crippen molar-refractivity contribution in [3.63, 3.8) is 0 Å². The number of carbonyl (C=O) groups is 2. The van der Waals surface area contributed by atoms with Gasteiger partial charge in [0.1, 0.15) is 6.10 Å². The van der Waals surface area contributed by atoms with Crippen molar-refractivity contribution in [2.45, 2.75) is 32.4 Å². The van der Waals surface area contributed by atoms with Gasteiger partial charge >= 0.3 is 0 Å². The van der Waals surface area contributed by atoms with Crippen LogP contribution in [0.15, 0.2) is 29.3 Å². The molecule has 2 aliphatic heterocycles. The van der Waals surface area contributed by atoms with Crippen LogP contribution in [0.25, 0.3) is 0 Å². The number of amides is 2. The van der Waals surface area contributed by atoms with Crippen LogP contribution in [0.2, 0.25) is 0 Å². The topological polar surface area (TPSA) is 100 Å². The Labute approximate surface area is 188 Å². The second-order valence-electron chi connectivity index (χ2n) is 7.05. The molecule has 0 aromatic heterocycles. The fourth-order valence-electron chi connectivity index (χ4n) is 3.48. The molecule has 1 aromatic rings. The lowest BCUT2D eigenvalue weighted by Gasteiger charge is -2.37. The number of guanidine groups is 1. The predicted molar refractivity (Wildman–Crippen MR) is 122 cm³/mol. The Morgan fingerprint density at radius 1 is 1.17 bits per heavy atom. The number of primary amides is 1. The minimum Gasteiger partial charge on any atom is -0.368 e. The van der Waals surface area contributed by atoms with Crippen LogP contribution in [0.3, 0.4) is 0 Å². The van der Waals surface area contributed by atoms with Gasteiger partial charge in [-0.15, -0.1) is 24.0 Å². The van der Waals surface area contributed by atoms with Crippen LogP contribution in [0.5, 0.6) is 0 Å². The molecular formula is C20H30IN5O3. The molecule has 0 aliphatic carbocycles. The molecule has 3 N–H and O–H groups in total. The molecule has 2 fully saturated rings. The van der Waals surface area contributed by atoms with Crippen LogP contribution in [0.1, 0.15) is 35.7 Å². The number of aliphatic imine (C=N–C) groups is 1. The van der Waals surface area contributed by atoms with Gasteiger partial charge in [-0.3, -0.25) is 9.59 Å². The Morgan fingerprint density at radius 3 is 2.38 bits per heavy atom. The Bertz CT molecular complexity index is 711. The Morgan fingerprint density at radius 2 is 1.83 bits per heavy atom. The highest BCUT2D eigenvalue weighted by Crippen LogP contribution is 2.16. The molecule has 2 aliphatic rings. The molecule has 29 heavy (non-hydrogen) atoms. The van der Waals surface area contributed by atoms with Crippen molar-refractivity contribution in [2.24, 2.45) is 10.7 Å². The van der Waals surface area contributed by atoms with Crippen molar-refractivity contribution in [3.05, 3.63) is 35.4 Å². The third kappa shape index (κ3) is 6.30. The molecule has 1 unspecified atom stereocenters. The van der Waals surface area contributed by atoms with Crippen LogP contribution in [-0.4, -0.2) is 73.0 Å². The molecule has 0 radical (unpaired) electrons. The molecule has 0 bridgehead atoms. The lowest BCUT2D eigenvalue weighted by molar-refractivity contribution is -0.142. The van der Waals surface area contributed by atoms with Crippen molar-refractivity contribution in [1.82, 2.24) is 15.1 Å². The van der Waals surface area contributed by atoms with Gasteiger partial charge in [0.2, 0.25) is 5.91 Å². The van der Waals surface area contributed by atoms with E-state index in [9.17, 15) is 9.59 Å². The molecule has 8 nitrogen and oxygen atoms in total. The maximum absolute atomic E-state index is 12.5. The summed E-state index contributed by atoms with van der Waals surface area (Å²) >= 11 is 0. The van der Waals surface area contributed by atoms with Crippen molar-refractivity contribution >= 4 is 41.8 Å². The van der Waals surface area contributed by atoms with Gasteiger partial charge in [0.15, 0.2) is 5.96 Å². The average Bonchev–Trinajstić information content (AvgIpc) is 3.26. The molecular weight excluding hydrogens is 485 g/mol. The van der Waals surface area contributed by atoms with Crippen molar-refractivity contribution in [3.8, 4) is 0 Å². The highest BCUT2D eigenvalue weighted by molar-refractivity contribution is 14.0. The SMILES string of the molecule is CCNC(=NCc1ccc(C(N)=O)cc1)N1CCN(C(=O)C2CCCO2)CC1.I. The number of ether oxygens (including phenoxy) is 1. The second-order valence-corrected chi connectivity index (χ2v) is 7.05. The van der Waals surface area contributed by atoms with Crippen LogP contribution >= 0.6 is 24.0 Å². The fourth-order valence-corrected chi connectivity index (χ4v) is 3.48. The highest BCUT2D eigenvalue weighted by atomic mass is 127. The first-order valence-corrected chi connectivity index (χ1v) is 9.91.